The number of carbonyl (C=O) groups excluding carboxylic acids is 2. The smallest absolute Gasteiger partial charge is 0.410 e. The summed E-state index contributed by atoms with van der Waals surface area (Å²) in [6.45, 7) is 10.3. The minimum absolute atomic E-state index is 0.243. The fraction of sp³-hybridized carbons (Fsp3) is 0.667. The highest BCUT2D eigenvalue weighted by Crippen LogP contribution is 2.24. The van der Waals surface area contributed by atoms with E-state index in [4.69, 9.17) is 9.47 Å². The van der Waals surface area contributed by atoms with Gasteiger partial charge in [-0.25, -0.2) is 4.79 Å². The highest BCUT2D eigenvalue weighted by Gasteiger charge is 2.29. The summed E-state index contributed by atoms with van der Waals surface area (Å²) in [4.78, 5) is 31.3. The Morgan fingerprint density at radius 1 is 0.935 bits per heavy atom. The Hall–Kier alpha value is -2.44. The van der Waals surface area contributed by atoms with Crippen LogP contribution in [0.3, 0.4) is 0 Å². The average molecular weight is 432 g/mol. The number of ether oxygens (including phenoxy) is 2. The summed E-state index contributed by atoms with van der Waals surface area (Å²) < 4.78 is 10.7. The van der Waals surface area contributed by atoms with Gasteiger partial charge in [-0.05, 0) is 70.2 Å². The van der Waals surface area contributed by atoms with Crippen molar-refractivity contribution in [2.45, 2.75) is 52.1 Å². The molecule has 2 fully saturated rings. The molecule has 0 saturated carbocycles. The summed E-state index contributed by atoms with van der Waals surface area (Å²) >= 11 is 0. The Morgan fingerprint density at radius 2 is 1.61 bits per heavy atom. The van der Waals surface area contributed by atoms with Crippen LogP contribution in [0.4, 0.5) is 10.5 Å². The molecule has 0 aromatic heterocycles. The van der Waals surface area contributed by atoms with E-state index in [1.807, 2.05) is 37.8 Å². The molecule has 0 spiro atoms. The minimum Gasteiger partial charge on any atom is -0.497 e. The Labute approximate surface area is 186 Å². The second-order valence-corrected chi connectivity index (χ2v) is 9.53. The van der Waals surface area contributed by atoms with E-state index >= 15 is 0 Å². The number of anilines is 1. The SMILES string of the molecule is COc1ccc(N2CCCN(C(=O)CC3CCN(C(=O)OC(C)(C)C)CC3)CC2)cc1. The number of benzene rings is 1. The van der Waals surface area contributed by atoms with Crippen LogP contribution in [0.1, 0.15) is 46.5 Å². The van der Waals surface area contributed by atoms with Gasteiger partial charge in [0.1, 0.15) is 11.4 Å². The average Bonchev–Trinajstić information content (AvgIpc) is 2.99. The third-order valence-corrected chi connectivity index (χ3v) is 6.02. The number of likely N-dealkylation sites (tertiary alicyclic amines) is 1. The van der Waals surface area contributed by atoms with E-state index in [9.17, 15) is 9.59 Å². The largest absolute Gasteiger partial charge is 0.497 e. The molecule has 0 atom stereocenters. The summed E-state index contributed by atoms with van der Waals surface area (Å²) in [5.74, 6) is 1.44. The maximum atomic E-state index is 12.9. The van der Waals surface area contributed by atoms with Crippen molar-refractivity contribution in [2.24, 2.45) is 5.92 Å². The molecule has 0 N–H and O–H groups in total. The van der Waals surface area contributed by atoms with Crippen molar-refractivity contribution in [3.8, 4) is 5.75 Å². The molecule has 2 saturated heterocycles. The number of methoxy groups -OCH3 is 1. The van der Waals surface area contributed by atoms with E-state index < -0.39 is 5.60 Å². The predicted molar refractivity (Wildman–Crippen MR) is 122 cm³/mol. The van der Waals surface area contributed by atoms with Gasteiger partial charge < -0.3 is 24.2 Å². The number of hydrogen-bond acceptors (Lipinski definition) is 5. The van der Waals surface area contributed by atoms with Gasteiger partial charge in [-0.15, -0.1) is 0 Å². The van der Waals surface area contributed by atoms with Crippen LogP contribution in [-0.4, -0.2) is 73.8 Å². The molecule has 172 valence electrons. The fourth-order valence-electron chi connectivity index (χ4n) is 4.24. The first-order chi connectivity index (χ1) is 14.7. The minimum atomic E-state index is -0.476. The maximum Gasteiger partial charge on any atom is 0.410 e. The molecule has 0 radical (unpaired) electrons. The second kappa shape index (κ2) is 10.2. The number of hydrogen-bond donors (Lipinski definition) is 0. The van der Waals surface area contributed by atoms with Gasteiger partial charge in [0.25, 0.3) is 0 Å². The summed E-state index contributed by atoms with van der Waals surface area (Å²) in [6, 6.07) is 8.11. The number of nitrogens with zero attached hydrogens (tertiary/aromatic N) is 3. The zero-order valence-corrected chi connectivity index (χ0v) is 19.4. The number of piperidine rings is 1. The third-order valence-electron chi connectivity index (χ3n) is 6.02. The van der Waals surface area contributed by atoms with E-state index in [0.717, 1.165) is 51.2 Å². The van der Waals surface area contributed by atoms with Crippen LogP contribution in [-0.2, 0) is 9.53 Å². The molecule has 0 aliphatic carbocycles. The first-order valence-corrected chi connectivity index (χ1v) is 11.4. The first kappa shape index (κ1) is 23.2. The van der Waals surface area contributed by atoms with Crippen molar-refractivity contribution < 1.29 is 19.1 Å². The van der Waals surface area contributed by atoms with Gasteiger partial charge in [-0.1, -0.05) is 0 Å². The Kier molecular flexibility index (Phi) is 7.68. The zero-order chi connectivity index (χ0) is 22.4. The van der Waals surface area contributed by atoms with Gasteiger partial charge in [0.2, 0.25) is 5.91 Å². The van der Waals surface area contributed by atoms with Crippen LogP contribution < -0.4 is 9.64 Å². The lowest BCUT2D eigenvalue weighted by molar-refractivity contribution is -0.132. The second-order valence-electron chi connectivity index (χ2n) is 9.53. The Morgan fingerprint density at radius 3 is 2.23 bits per heavy atom. The van der Waals surface area contributed by atoms with E-state index in [0.29, 0.717) is 25.4 Å². The van der Waals surface area contributed by atoms with Crippen molar-refractivity contribution in [2.75, 3.05) is 51.3 Å². The van der Waals surface area contributed by atoms with Crippen molar-refractivity contribution in [3.05, 3.63) is 24.3 Å². The van der Waals surface area contributed by atoms with Gasteiger partial charge in [0.15, 0.2) is 0 Å². The first-order valence-electron chi connectivity index (χ1n) is 11.4. The molecular formula is C24H37N3O4. The summed E-state index contributed by atoms with van der Waals surface area (Å²) in [5, 5.41) is 0. The maximum absolute atomic E-state index is 12.9. The molecule has 1 aromatic carbocycles. The number of rotatable bonds is 4. The summed E-state index contributed by atoms with van der Waals surface area (Å²) in [7, 11) is 1.67. The standard InChI is InChI=1S/C24H37N3O4/c1-24(2,3)31-23(29)27-14-10-19(11-15-27)18-22(28)26-13-5-12-25(16-17-26)20-6-8-21(30-4)9-7-20/h6-9,19H,5,10-18H2,1-4H3. The van der Waals surface area contributed by atoms with Crippen LogP contribution in [0.25, 0.3) is 0 Å². The van der Waals surface area contributed by atoms with Crippen molar-refractivity contribution in [3.63, 3.8) is 0 Å². The van der Waals surface area contributed by atoms with Crippen molar-refractivity contribution in [1.82, 2.24) is 9.80 Å². The monoisotopic (exact) mass is 431 g/mol. The molecule has 2 aliphatic rings. The molecule has 2 aliphatic heterocycles. The topological polar surface area (TPSA) is 62.3 Å². The van der Waals surface area contributed by atoms with Crippen LogP contribution in [0.15, 0.2) is 24.3 Å². The quantitative estimate of drug-likeness (QED) is 0.726. The van der Waals surface area contributed by atoms with Crippen molar-refractivity contribution >= 4 is 17.7 Å². The molecule has 2 amide bonds. The molecule has 7 nitrogen and oxygen atoms in total. The molecule has 0 bridgehead atoms. The third kappa shape index (κ3) is 6.77. The lowest BCUT2D eigenvalue weighted by Crippen LogP contribution is -2.43. The number of carbonyl (C=O) groups is 2. The van der Waals surface area contributed by atoms with Gasteiger partial charge in [0, 0.05) is 51.4 Å². The Balaban J connectivity index is 1.44. The molecule has 0 unspecified atom stereocenters. The normalized spacial score (nSPS) is 18.5. The van der Waals surface area contributed by atoms with Gasteiger partial charge in [-0.2, -0.15) is 0 Å². The molecule has 31 heavy (non-hydrogen) atoms. The highest BCUT2D eigenvalue weighted by atomic mass is 16.6. The van der Waals surface area contributed by atoms with Crippen LogP contribution in [0, 0.1) is 5.92 Å². The van der Waals surface area contributed by atoms with Crippen molar-refractivity contribution in [1.29, 1.82) is 0 Å². The van der Waals surface area contributed by atoms with Gasteiger partial charge in [-0.3, -0.25) is 4.79 Å². The molecule has 7 heteroatoms. The Bertz CT molecular complexity index is 736. The van der Waals surface area contributed by atoms with Crippen LogP contribution >= 0.6 is 0 Å². The van der Waals surface area contributed by atoms with E-state index in [-0.39, 0.29) is 12.0 Å². The summed E-state index contributed by atoms with van der Waals surface area (Å²) in [6.07, 6.45) is 3.01. The fourth-order valence-corrected chi connectivity index (χ4v) is 4.24. The van der Waals surface area contributed by atoms with E-state index in [2.05, 4.69) is 17.0 Å². The summed E-state index contributed by atoms with van der Waals surface area (Å²) in [5.41, 5.74) is 0.695. The highest BCUT2D eigenvalue weighted by molar-refractivity contribution is 5.76. The molecule has 3 rings (SSSR count). The molecule has 1 aromatic rings. The van der Waals surface area contributed by atoms with Crippen LogP contribution in [0.5, 0.6) is 5.75 Å². The van der Waals surface area contributed by atoms with Gasteiger partial charge >= 0.3 is 6.09 Å². The lowest BCUT2D eigenvalue weighted by atomic mass is 9.93. The predicted octanol–water partition coefficient (Wildman–Crippen LogP) is 3.77. The zero-order valence-electron chi connectivity index (χ0n) is 19.4. The van der Waals surface area contributed by atoms with Crippen LogP contribution in [0.2, 0.25) is 0 Å². The lowest BCUT2D eigenvalue weighted by Gasteiger charge is -2.34. The van der Waals surface area contributed by atoms with E-state index in [1.54, 1.807) is 12.0 Å². The molecular weight excluding hydrogens is 394 g/mol. The van der Waals surface area contributed by atoms with Gasteiger partial charge in [0.05, 0.1) is 7.11 Å². The molecule has 2 heterocycles. The number of amides is 2. The van der Waals surface area contributed by atoms with E-state index in [1.165, 1.54) is 5.69 Å².